The second-order valence-electron chi connectivity index (χ2n) is 5.29. The molecule has 0 aromatic carbocycles. The minimum atomic E-state index is 0.0917. The standard InChI is InChI=1S/C15H32N4O2/c1-6-12(14(8-3)18-20)16-10-11(5)17-13(7-2)15(9-4)19-21/h11-13,16-17,20-21H,6-10H2,1-5H3. The van der Waals surface area contributed by atoms with Crippen molar-refractivity contribution in [2.75, 3.05) is 6.54 Å². The maximum Gasteiger partial charge on any atom is 0.0737 e. The predicted octanol–water partition coefficient (Wildman–Crippen LogP) is 2.59. The van der Waals surface area contributed by atoms with E-state index in [0.29, 0.717) is 0 Å². The molecule has 0 aromatic heterocycles. The monoisotopic (exact) mass is 300 g/mol. The Morgan fingerprint density at radius 3 is 1.76 bits per heavy atom. The fourth-order valence-electron chi connectivity index (χ4n) is 2.44. The van der Waals surface area contributed by atoms with Crippen LogP contribution in [-0.4, -0.2) is 46.5 Å². The summed E-state index contributed by atoms with van der Waals surface area (Å²) in [6, 6.07) is 0.416. The van der Waals surface area contributed by atoms with E-state index in [9.17, 15) is 0 Å². The van der Waals surface area contributed by atoms with Gasteiger partial charge in [0.1, 0.15) is 0 Å². The van der Waals surface area contributed by atoms with Gasteiger partial charge in [-0.15, -0.1) is 0 Å². The highest BCUT2D eigenvalue weighted by molar-refractivity contribution is 5.89. The minimum absolute atomic E-state index is 0.0917. The normalized spacial score (nSPS) is 17.6. The van der Waals surface area contributed by atoms with E-state index >= 15 is 0 Å². The van der Waals surface area contributed by atoms with Crippen molar-refractivity contribution >= 4 is 11.4 Å². The quantitative estimate of drug-likeness (QED) is 0.268. The Labute approximate surface area is 128 Å². The van der Waals surface area contributed by atoms with Crippen LogP contribution in [0.5, 0.6) is 0 Å². The largest absolute Gasteiger partial charge is 0.411 e. The Hall–Kier alpha value is -1.14. The third kappa shape index (κ3) is 6.91. The van der Waals surface area contributed by atoms with E-state index < -0.39 is 0 Å². The Morgan fingerprint density at radius 2 is 1.38 bits per heavy atom. The summed E-state index contributed by atoms with van der Waals surface area (Å²) < 4.78 is 0. The molecule has 4 N–H and O–H groups in total. The summed E-state index contributed by atoms with van der Waals surface area (Å²) in [6.45, 7) is 11.0. The smallest absolute Gasteiger partial charge is 0.0737 e. The van der Waals surface area contributed by atoms with Crippen molar-refractivity contribution in [3.8, 4) is 0 Å². The second-order valence-corrected chi connectivity index (χ2v) is 5.29. The summed E-state index contributed by atoms with van der Waals surface area (Å²) in [6.07, 6.45) is 3.23. The van der Waals surface area contributed by atoms with E-state index in [1.807, 2.05) is 13.8 Å². The van der Waals surface area contributed by atoms with Crippen LogP contribution in [0.2, 0.25) is 0 Å². The summed E-state index contributed by atoms with van der Waals surface area (Å²) in [5.41, 5.74) is 1.56. The summed E-state index contributed by atoms with van der Waals surface area (Å²) in [5.74, 6) is 0. The molecule has 6 nitrogen and oxygen atoms in total. The van der Waals surface area contributed by atoms with E-state index in [-0.39, 0.29) is 18.1 Å². The van der Waals surface area contributed by atoms with Gasteiger partial charge in [0.25, 0.3) is 0 Å². The molecule has 0 bridgehead atoms. The molecule has 0 rings (SSSR count). The van der Waals surface area contributed by atoms with Crippen molar-refractivity contribution in [2.45, 2.75) is 78.4 Å². The van der Waals surface area contributed by atoms with E-state index in [4.69, 9.17) is 10.4 Å². The molecule has 0 aliphatic rings. The molecule has 3 unspecified atom stereocenters. The van der Waals surface area contributed by atoms with Gasteiger partial charge in [-0.2, -0.15) is 0 Å². The first kappa shape index (κ1) is 19.9. The second kappa shape index (κ2) is 11.5. The molecule has 0 aliphatic heterocycles. The van der Waals surface area contributed by atoms with E-state index in [2.05, 4.69) is 41.7 Å². The average Bonchev–Trinajstić information content (AvgIpc) is 2.51. The molecule has 124 valence electrons. The van der Waals surface area contributed by atoms with Crippen LogP contribution in [0.4, 0.5) is 0 Å². The van der Waals surface area contributed by atoms with Gasteiger partial charge in [0.2, 0.25) is 0 Å². The fraction of sp³-hybridized carbons (Fsp3) is 0.867. The van der Waals surface area contributed by atoms with Crippen molar-refractivity contribution in [1.29, 1.82) is 0 Å². The first-order valence-electron chi connectivity index (χ1n) is 7.98. The summed E-state index contributed by atoms with van der Waals surface area (Å²) >= 11 is 0. The highest BCUT2D eigenvalue weighted by Gasteiger charge is 2.18. The van der Waals surface area contributed by atoms with Gasteiger partial charge in [-0.25, -0.2) is 0 Å². The van der Waals surface area contributed by atoms with Gasteiger partial charge >= 0.3 is 0 Å². The molecule has 6 heteroatoms. The molecule has 0 aromatic rings. The highest BCUT2D eigenvalue weighted by atomic mass is 16.4. The van der Waals surface area contributed by atoms with Crippen molar-refractivity contribution < 1.29 is 10.4 Å². The Morgan fingerprint density at radius 1 is 0.905 bits per heavy atom. The zero-order valence-corrected chi connectivity index (χ0v) is 14.1. The van der Waals surface area contributed by atoms with Gasteiger partial charge in [-0.1, -0.05) is 38.0 Å². The first-order chi connectivity index (χ1) is 10.1. The number of hydrogen-bond donors (Lipinski definition) is 4. The van der Waals surface area contributed by atoms with Crippen LogP contribution in [0.1, 0.15) is 60.3 Å². The van der Waals surface area contributed by atoms with Gasteiger partial charge in [0.15, 0.2) is 0 Å². The zero-order valence-electron chi connectivity index (χ0n) is 14.1. The van der Waals surface area contributed by atoms with Crippen LogP contribution < -0.4 is 10.6 Å². The maximum atomic E-state index is 9.02. The predicted molar refractivity (Wildman–Crippen MR) is 87.8 cm³/mol. The first-order valence-corrected chi connectivity index (χ1v) is 7.98. The van der Waals surface area contributed by atoms with Gasteiger partial charge in [0, 0.05) is 24.7 Å². The summed E-state index contributed by atoms with van der Waals surface area (Å²) in [4.78, 5) is 0. The molecule has 0 aliphatic carbocycles. The third-order valence-electron chi connectivity index (χ3n) is 3.76. The minimum Gasteiger partial charge on any atom is -0.411 e. The van der Waals surface area contributed by atoms with Gasteiger partial charge in [-0.3, -0.25) is 0 Å². The SMILES string of the molecule is CCC(=NO)C(CC)NCC(C)NC(CC)C(CC)=NO. The molecule has 0 saturated heterocycles. The number of nitrogens with one attached hydrogen (secondary N) is 2. The number of hydrogen-bond acceptors (Lipinski definition) is 6. The van der Waals surface area contributed by atoms with E-state index in [1.165, 1.54) is 0 Å². The van der Waals surface area contributed by atoms with Gasteiger partial charge in [-0.05, 0) is 32.6 Å². The fourth-order valence-corrected chi connectivity index (χ4v) is 2.44. The molecule has 0 saturated carbocycles. The van der Waals surface area contributed by atoms with Crippen LogP contribution in [0.25, 0.3) is 0 Å². The molecule has 3 atom stereocenters. The summed E-state index contributed by atoms with van der Waals surface area (Å²) in [7, 11) is 0. The third-order valence-corrected chi connectivity index (χ3v) is 3.76. The highest BCUT2D eigenvalue weighted by Crippen LogP contribution is 2.03. The number of oxime groups is 2. The zero-order chi connectivity index (χ0) is 16.3. The molecule has 21 heavy (non-hydrogen) atoms. The number of nitrogens with zero attached hydrogens (tertiary/aromatic N) is 2. The van der Waals surface area contributed by atoms with Crippen LogP contribution in [0.15, 0.2) is 10.3 Å². The Kier molecular flexibility index (Phi) is 10.9. The maximum absolute atomic E-state index is 9.02. The topological polar surface area (TPSA) is 89.2 Å². The van der Waals surface area contributed by atoms with Crippen LogP contribution in [0, 0.1) is 0 Å². The van der Waals surface area contributed by atoms with Crippen molar-refractivity contribution in [3.63, 3.8) is 0 Å². The van der Waals surface area contributed by atoms with Gasteiger partial charge in [0.05, 0.1) is 11.4 Å². The Bertz CT molecular complexity index is 332. The van der Waals surface area contributed by atoms with E-state index in [0.717, 1.165) is 43.7 Å². The summed E-state index contributed by atoms with van der Waals surface area (Å²) in [5, 5.41) is 31.7. The molecule has 0 heterocycles. The molecule has 0 radical (unpaired) electrons. The lowest BCUT2D eigenvalue weighted by molar-refractivity contribution is 0.310. The van der Waals surface area contributed by atoms with Crippen molar-refractivity contribution in [1.82, 2.24) is 10.6 Å². The lowest BCUT2D eigenvalue weighted by atomic mass is 10.0. The molecular weight excluding hydrogens is 268 g/mol. The van der Waals surface area contributed by atoms with Crippen LogP contribution in [-0.2, 0) is 0 Å². The lowest BCUT2D eigenvalue weighted by Crippen LogP contribution is -2.48. The average molecular weight is 300 g/mol. The van der Waals surface area contributed by atoms with Gasteiger partial charge < -0.3 is 21.0 Å². The van der Waals surface area contributed by atoms with Crippen LogP contribution in [0.3, 0.4) is 0 Å². The molecular formula is C15H32N4O2. The van der Waals surface area contributed by atoms with Crippen molar-refractivity contribution in [2.24, 2.45) is 10.3 Å². The van der Waals surface area contributed by atoms with Crippen molar-refractivity contribution in [3.05, 3.63) is 0 Å². The number of rotatable bonds is 11. The molecule has 0 fully saturated rings. The van der Waals surface area contributed by atoms with Crippen LogP contribution >= 0.6 is 0 Å². The Balaban J connectivity index is 4.45. The van der Waals surface area contributed by atoms with E-state index in [1.54, 1.807) is 0 Å². The molecule has 0 spiro atoms. The molecule has 0 amide bonds. The lowest BCUT2D eigenvalue weighted by Gasteiger charge is -2.25.